The maximum Gasteiger partial charge on any atom is 0.105 e. The minimum Gasteiger partial charge on any atom is -0.469 e. The van der Waals surface area contributed by atoms with Crippen LogP contribution in [0.25, 0.3) is 0 Å². The molecule has 15 heavy (non-hydrogen) atoms. The Balaban J connectivity index is 2.22. The molecule has 0 fully saturated rings. The van der Waals surface area contributed by atoms with E-state index in [0.717, 1.165) is 25.4 Å². The molecule has 0 saturated heterocycles. The van der Waals surface area contributed by atoms with Crippen molar-refractivity contribution in [3.63, 3.8) is 0 Å². The van der Waals surface area contributed by atoms with Gasteiger partial charge in [-0.2, -0.15) is 0 Å². The molecule has 0 amide bonds. The zero-order chi connectivity index (χ0) is 11.1. The summed E-state index contributed by atoms with van der Waals surface area (Å²) in [6, 6.07) is 2.01. The lowest BCUT2D eigenvalue weighted by atomic mass is 10.2. The van der Waals surface area contributed by atoms with Gasteiger partial charge in [-0.25, -0.2) is 0 Å². The average molecular weight is 206 g/mol. The molecule has 0 spiro atoms. The summed E-state index contributed by atoms with van der Waals surface area (Å²) in [5, 5.41) is 3.16. The predicted octanol–water partition coefficient (Wildman–Crippen LogP) is 1.24. The van der Waals surface area contributed by atoms with E-state index < -0.39 is 0 Å². The van der Waals surface area contributed by atoms with Crippen LogP contribution in [-0.4, -0.2) is 31.6 Å². The molecular weight excluding hydrogens is 188 g/mol. The van der Waals surface area contributed by atoms with Gasteiger partial charge in [-0.05, 0) is 20.0 Å². The van der Waals surface area contributed by atoms with Crippen LogP contribution in [0.1, 0.15) is 11.3 Å². The summed E-state index contributed by atoms with van der Waals surface area (Å²) in [5.41, 5.74) is 1.24. The molecular formula is C12H18N2O. The largest absolute Gasteiger partial charge is 0.469 e. The van der Waals surface area contributed by atoms with E-state index in [9.17, 15) is 0 Å². The van der Waals surface area contributed by atoms with E-state index in [1.54, 1.807) is 6.26 Å². The van der Waals surface area contributed by atoms with Crippen LogP contribution in [-0.2, 0) is 6.54 Å². The average Bonchev–Trinajstić information content (AvgIpc) is 2.59. The molecule has 82 valence electrons. The molecule has 0 aliphatic rings. The highest BCUT2D eigenvalue weighted by Gasteiger charge is 2.04. The van der Waals surface area contributed by atoms with E-state index >= 15 is 0 Å². The molecule has 1 aromatic rings. The molecule has 1 heterocycles. The highest BCUT2D eigenvalue weighted by atomic mass is 16.3. The van der Waals surface area contributed by atoms with Gasteiger partial charge in [0.05, 0.1) is 12.8 Å². The van der Waals surface area contributed by atoms with Crippen LogP contribution in [0.15, 0.2) is 16.7 Å². The van der Waals surface area contributed by atoms with Gasteiger partial charge < -0.3 is 14.6 Å². The molecule has 1 aromatic heterocycles. The molecule has 3 nitrogen and oxygen atoms in total. The highest BCUT2D eigenvalue weighted by Crippen LogP contribution is 2.10. The minimum atomic E-state index is 0.637. The Morgan fingerprint density at radius 3 is 3.00 bits per heavy atom. The third-order valence-corrected chi connectivity index (χ3v) is 2.30. The first-order valence-electron chi connectivity index (χ1n) is 5.09. The zero-order valence-corrected chi connectivity index (χ0v) is 9.42. The van der Waals surface area contributed by atoms with Gasteiger partial charge in [0, 0.05) is 25.2 Å². The van der Waals surface area contributed by atoms with Gasteiger partial charge >= 0.3 is 0 Å². The number of nitrogens with zero attached hydrogens (tertiary/aromatic N) is 1. The fourth-order valence-corrected chi connectivity index (χ4v) is 1.38. The Morgan fingerprint density at radius 1 is 1.60 bits per heavy atom. The van der Waals surface area contributed by atoms with Crippen LogP contribution in [0, 0.1) is 19.3 Å². The Labute approximate surface area is 91.5 Å². The van der Waals surface area contributed by atoms with Crippen LogP contribution in [0.5, 0.6) is 0 Å². The van der Waals surface area contributed by atoms with Gasteiger partial charge in [0.15, 0.2) is 0 Å². The van der Waals surface area contributed by atoms with Crippen molar-refractivity contribution in [2.24, 2.45) is 0 Å². The fourth-order valence-electron chi connectivity index (χ4n) is 1.38. The number of likely N-dealkylation sites (N-methyl/N-ethyl adjacent to an activating group) is 1. The van der Waals surface area contributed by atoms with Gasteiger partial charge in [-0.15, -0.1) is 6.42 Å². The van der Waals surface area contributed by atoms with E-state index in [1.165, 1.54) is 5.56 Å². The molecule has 3 heteroatoms. The number of hydrogen-bond donors (Lipinski definition) is 1. The molecule has 0 unspecified atom stereocenters. The zero-order valence-electron chi connectivity index (χ0n) is 9.42. The monoisotopic (exact) mass is 206 g/mol. The number of hydrogen-bond acceptors (Lipinski definition) is 3. The summed E-state index contributed by atoms with van der Waals surface area (Å²) in [7, 11) is 2.09. The normalized spacial score (nSPS) is 10.5. The van der Waals surface area contributed by atoms with E-state index in [2.05, 4.69) is 23.2 Å². The smallest absolute Gasteiger partial charge is 0.105 e. The summed E-state index contributed by atoms with van der Waals surface area (Å²) in [5.74, 6) is 3.55. The summed E-state index contributed by atoms with van der Waals surface area (Å²) >= 11 is 0. The summed E-state index contributed by atoms with van der Waals surface area (Å²) in [6.07, 6.45) is 6.87. The fraction of sp³-hybridized carbons (Fsp3) is 0.500. The number of nitrogens with one attached hydrogen (secondary N) is 1. The first-order chi connectivity index (χ1) is 7.24. The van der Waals surface area contributed by atoms with E-state index in [0.29, 0.717) is 6.54 Å². The lowest BCUT2D eigenvalue weighted by Crippen LogP contribution is -2.29. The van der Waals surface area contributed by atoms with Crippen molar-refractivity contribution in [3.05, 3.63) is 23.7 Å². The molecule has 0 atom stereocenters. The quantitative estimate of drug-likeness (QED) is 0.561. The SMILES string of the molecule is C#CCNCCN(C)Cc1ccoc1C. The molecule has 1 N–H and O–H groups in total. The molecule has 0 aliphatic heterocycles. The van der Waals surface area contributed by atoms with E-state index in [1.807, 2.05) is 13.0 Å². The van der Waals surface area contributed by atoms with Gasteiger partial charge in [-0.3, -0.25) is 0 Å². The lowest BCUT2D eigenvalue weighted by Gasteiger charge is -2.15. The third-order valence-electron chi connectivity index (χ3n) is 2.30. The van der Waals surface area contributed by atoms with Crippen LogP contribution in [0.4, 0.5) is 0 Å². The van der Waals surface area contributed by atoms with Gasteiger partial charge in [-0.1, -0.05) is 5.92 Å². The van der Waals surface area contributed by atoms with Crippen molar-refractivity contribution in [1.82, 2.24) is 10.2 Å². The van der Waals surface area contributed by atoms with E-state index in [4.69, 9.17) is 10.8 Å². The number of aryl methyl sites for hydroxylation is 1. The maximum absolute atomic E-state index is 5.24. The topological polar surface area (TPSA) is 28.4 Å². The standard InChI is InChI=1S/C12H18N2O/c1-4-6-13-7-8-14(3)10-12-5-9-15-11(12)2/h1,5,9,13H,6-8,10H2,2-3H3. The van der Waals surface area contributed by atoms with Crippen molar-refractivity contribution in [1.29, 1.82) is 0 Å². The molecule has 1 rings (SSSR count). The Hall–Kier alpha value is -1.24. The highest BCUT2D eigenvalue weighted by molar-refractivity contribution is 5.14. The lowest BCUT2D eigenvalue weighted by molar-refractivity contribution is 0.324. The third kappa shape index (κ3) is 4.20. The van der Waals surface area contributed by atoms with Gasteiger partial charge in [0.2, 0.25) is 0 Å². The summed E-state index contributed by atoms with van der Waals surface area (Å²) in [6.45, 7) is 5.43. The number of rotatable bonds is 6. The van der Waals surface area contributed by atoms with E-state index in [-0.39, 0.29) is 0 Å². The van der Waals surface area contributed by atoms with Crippen LogP contribution in [0.2, 0.25) is 0 Å². The molecule has 0 bridgehead atoms. The van der Waals surface area contributed by atoms with Crippen molar-refractivity contribution >= 4 is 0 Å². The first kappa shape index (κ1) is 11.8. The second-order valence-electron chi connectivity index (χ2n) is 3.62. The van der Waals surface area contributed by atoms with Crippen molar-refractivity contribution < 1.29 is 4.42 Å². The van der Waals surface area contributed by atoms with Crippen LogP contribution >= 0.6 is 0 Å². The van der Waals surface area contributed by atoms with Crippen LogP contribution in [0.3, 0.4) is 0 Å². The van der Waals surface area contributed by atoms with Crippen LogP contribution < -0.4 is 5.32 Å². The second kappa shape index (κ2) is 6.28. The molecule has 0 aliphatic carbocycles. The van der Waals surface area contributed by atoms with Crippen molar-refractivity contribution in [3.8, 4) is 12.3 Å². The van der Waals surface area contributed by atoms with Crippen molar-refractivity contribution in [2.75, 3.05) is 26.7 Å². The van der Waals surface area contributed by atoms with Gasteiger partial charge in [0.1, 0.15) is 5.76 Å². The number of terminal acetylenes is 1. The summed E-state index contributed by atoms with van der Waals surface area (Å²) < 4.78 is 5.24. The predicted molar refractivity (Wildman–Crippen MR) is 61.5 cm³/mol. The molecule has 0 aromatic carbocycles. The van der Waals surface area contributed by atoms with Gasteiger partial charge in [0.25, 0.3) is 0 Å². The second-order valence-corrected chi connectivity index (χ2v) is 3.62. The summed E-state index contributed by atoms with van der Waals surface area (Å²) in [4.78, 5) is 2.24. The Kier molecular flexibility index (Phi) is 4.96. The maximum atomic E-state index is 5.24. The van der Waals surface area contributed by atoms with Crippen molar-refractivity contribution in [2.45, 2.75) is 13.5 Å². The minimum absolute atomic E-state index is 0.637. The first-order valence-corrected chi connectivity index (χ1v) is 5.09. The Morgan fingerprint density at radius 2 is 2.40 bits per heavy atom. The molecule has 0 radical (unpaired) electrons. The Bertz CT molecular complexity index is 325. The molecule has 0 saturated carbocycles. The number of furan rings is 1.